The van der Waals surface area contributed by atoms with Crippen LogP contribution in [0.4, 0.5) is 18.9 Å². The first-order valence-electron chi connectivity index (χ1n) is 6.37. The van der Waals surface area contributed by atoms with Gasteiger partial charge in [-0.3, -0.25) is 4.79 Å². The van der Waals surface area contributed by atoms with E-state index in [-0.39, 0.29) is 10.2 Å². The van der Waals surface area contributed by atoms with Crippen molar-refractivity contribution in [3.8, 4) is 0 Å². The Hall–Kier alpha value is -1.79. The molecule has 2 rings (SSSR count). The van der Waals surface area contributed by atoms with Crippen LogP contribution in [0.1, 0.15) is 11.1 Å². The summed E-state index contributed by atoms with van der Waals surface area (Å²) in [6, 6.07) is 10.3. The molecule has 0 atom stereocenters. The highest BCUT2D eigenvalue weighted by Crippen LogP contribution is 2.36. The van der Waals surface area contributed by atoms with E-state index >= 15 is 0 Å². The Morgan fingerprint density at radius 3 is 2.57 bits per heavy atom. The SMILES string of the molecule is O=C(/C=C/c1cccc(Cl)c1)Nc1ccc(Br)c(C(F)(F)F)c1. The van der Waals surface area contributed by atoms with E-state index in [4.69, 9.17) is 11.6 Å². The van der Waals surface area contributed by atoms with Crippen LogP contribution < -0.4 is 5.32 Å². The number of carbonyl (C=O) groups excluding carboxylic acids is 1. The average Bonchev–Trinajstić information content (AvgIpc) is 2.46. The van der Waals surface area contributed by atoms with Crippen molar-refractivity contribution in [1.82, 2.24) is 0 Å². The number of hydrogen-bond donors (Lipinski definition) is 1. The van der Waals surface area contributed by atoms with E-state index in [0.717, 1.165) is 6.07 Å². The first-order valence-corrected chi connectivity index (χ1v) is 7.54. The monoisotopic (exact) mass is 403 g/mol. The van der Waals surface area contributed by atoms with Gasteiger partial charge < -0.3 is 5.32 Å². The molecule has 120 valence electrons. The third-order valence-electron chi connectivity index (χ3n) is 2.82. The lowest BCUT2D eigenvalue weighted by molar-refractivity contribution is -0.138. The third kappa shape index (κ3) is 5.11. The normalized spacial score (nSPS) is 11.7. The number of halogens is 5. The van der Waals surface area contributed by atoms with Gasteiger partial charge in [0.1, 0.15) is 0 Å². The summed E-state index contributed by atoms with van der Waals surface area (Å²) in [4.78, 5) is 11.8. The number of hydrogen-bond acceptors (Lipinski definition) is 1. The molecule has 0 aromatic heterocycles. The van der Waals surface area contributed by atoms with Crippen molar-refractivity contribution in [1.29, 1.82) is 0 Å². The molecule has 1 N–H and O–H groups in total. The van der Waals surface area contributed by atoms with E-state index in [0.29, 0.717) is 10.6 Å². The Labute approximate surface area is 144 Å². The smallest absolute Gasteiger partial charge is 0.322 e. The lowest BCUT2D eigenvalue weighted by Gasteiger charge is -2.11. The van der Waals surface area contributed by atoms with Crippen LogP contribution >= 0.6 is 27.5 Å². The molecule has 23 heavy (non-hydrogen) atoms. The van der Waals surface area contributed by atoms with Gasteiger partial charge in [0.2, 0.25) is 5.91 Å². The van der Waals surface area contributed by atoms with Crippen molar-refractivity contribution in [2.75, 3.05) is 5.32 Å². The van der Waals surface area contributed by atoms with E-state index in [1.807, 2.05) is 0 Å². The van der Waals surface area contributed by atoms with Gasteiger partial charge in [0.15, 0.2) is 0 Å². The van der Waals surface area contributed by atoms with Gasteiger partial charge in [-0.1, -0.05) is 39.7 Å². The minimum atomic E-state index is -4.50. The molecule has 2 aromatic carbocycles. The highest BCUT2D eigenvalue weighted by molar-refractivity contribution is 9.10. The predicted molar refractivity (Wildman–Crippen MR) is 88.3 cm³/mol. The average molecular weight is 405 g/mol. The van der Waals surface area contributed by atoms with Gasteiger partial charge in [0.05, 0.1) is 5.56 Å². The molecular weight excluding hydrogens is 395 g/mol. The van der Waals surface area contributed by atoms with Gasteiger partial charge in [0, 0.05) is 21.3 Å². The van der Waals surface area contributed by atoms with E-state index in [1.165, 1.54) is 24.3 Å². The van der Waals surface area contributed by atoms with Crippen LogP contribution in [-0.2, 0) is 11.0 Å². The molecule has 0 fully saturated rings. The van der Waals surface area contributed by atoms with Crippen LogP contribution in [0, 0.1) is 0 Å². The largest absolute Gasteiger partial charge is 0.417 e. The molecule has 0 saturated heterocycles. The molecule has 0 heterocycles. The molecular formula is C16H10BrClF3NO. The second kappa shape index (κ2) is 7.19. The highest BCUT2D eigenvalue weighted by Gasteiger charge is 2.33. The minimum Gasteiger partial charge on any atom is -0.322 e. The molecule has 0 saturated carbocycles. The van der Waals surface area contributed by atoms with E-state index in [1.54, 1.807) is 24.3 Å². The molecule has 2 aromatic rings. The standard InChI is InChI=1S/C16H10BrClF3NO/c17-14-6-5-12(9-13(14)16(19,20)21)22-15(23)7-4-10-2-1-3-11(18)8-10/h1-9H,(H,22,23)/b7-4+. The number of alkyl halides is 3. The van der Waals surface area contributed by atoms with Crippen molar-refractivity contribution in [3.63, 3.8) is 0 Å². The summed E-state index contributed by atoms with van der Waals surface area (Å²) in [5, 5.41) is 2.91. The fraction of sp³-hybridized carbons (Fsp3) is 0.0625. The van der Waals surface area contributed by atoms with Gasteiger partial charge in [0.25, 0.3) is 0 Å². The quantitative estimate of drug-likeness (QED) is 0.646. The zero-order valence-electron chi connectivity index (χ0n) is 11.5. The van der Waals surface area contributed by atoms with Gasteiger partial charge in [-0.05, 0) is 42.0 Å². The van der Waals surface area contributed by atoms with Crippen LogP contribution in [0.5, 0.6) is 0 Å². The Kier molecular flexibility index (Phi) is 5.49. The second-order valence-corrected chi connectivity index (χ2v) is 5.86. The molecule has 0 unspecified atom stereocenters. The fourth-order valence-electron chi connectivity index (χ4n) is 1.79. The first kappa shape index (κ1) is 17.6. The van der Waals surface area contributed by atoms with E-state index < -0.39 is 17.6 Å². The van der Waals surface area contributed by atoms with Crippen molar-refractivity contribution in [3.05, 3.63) is 69.2 Å². The van der Waals surface area contributed by atoms with Crippen molar-refractivity contribution >= 4 is 45.2 Å². The zero-order chi connectivity index (χ0) is 17.0. The number of anilines is 1. The molecule has 7 heteroatoms. The summed E-state index contributed by atoms with van der Waals surface area (Å²) < 4.78 is 38.3. The van der Waals surface area contributed by atoms with Crippen molar-refractivity contribution in [2.45, 2.75) is 6.18 Å². The maximum absolute atomic E-state index is 12.8. The molecule has 0 aliphatic carbocycles. The number of rotatable bonds is 3. The second-order valence-electron chi connectivity index (χ2n) is 4.57. The molecule has 0 aliphatic heterocycles. The Morgan fingerprint density at radius 2 is 1.91 bits per heavy atom. The van der Waals surface area contributed by atoms with Crippen LogP contribution in [0.25, 0.3) is 6.08 Å². The van der Waals surface area contributed by atoms with Crippen LogP contribution in [-0.4, -0.2) is 5.91 Å². The van der Waals surface area contributed by atoms with Gasteiger partial charge >= 0.3 is 6.18 Å². The number of carbonyl (C=O) groups is 1. The number of nitrogens with one attached hydrogen (secondary N) is 1. The maximum Gasteiger partial charge on any atom is 0.417 e. The Morgan fingerprint density at radius 1 is 1.17 bits per heavy atom. The summed E-state index contributed by atoms with van der Waals surface area (Å²) in [7, 11) is 0. The van der Waals surface area contributed by atoms with Gasteiger partial charge in [-0.2, -0.15) is 13.2 Å². The van der Waals surface area contributed by atoms with Crippen molar-refractivity contribution in [2.24, 2.45) is 0 Å². The molecule has 1 amide bonds. The zero-order valence-corrected chi connectivity index (χ0v) is 13.8. The highest BCUT2D eigenvalue weighted by atomic mass is 79.9. The number of amides is 1. The molecule has 0 radical (unpaired) electrons. The summed E-state index contributed by atoms with van der Waals surface area (Å²) in [6.07, 6.45) is -1.76. The predicted octanol–water partition coefficient (Wildman–Crippen LogP) is 5.77. The lowest BCUT2D eigenvalue weighted by atomic mass is 10.2. The summed E-state index contributed by atoms with van der Waals surface area (Å²) in [5.41, 5.74) is -0.0881. The Bertz CT molecular complexity index is 759. The first-order chi connectivity index (χ1) is 10.8. The fourth-order valence-corrected chi connectivity index (χ4v) is 2.46. The van der Waals surface area contributed by atoms with E-state index in [2.05, 4.69) is 21.2 Å². The summed E-state index contributed by atoms with van der Waals surface area (Å²) in [6.45, 7) is 0. The molecule has 0 aliphatic rings. The molecule has 0 spiro atoms. The maximum atomic E-state index is 12.8. The van der Waals surface area contributed by atoms with Gasteiger partial charge in [-0.25, -0.2) is 0 Å². The third-order valence-corrected chi connectivity index (χ3v) is 3.74. The minimum absolute atomic E-state index is 0.0567. The number of benzene rings is 2. The topological polar surface area (TPSA) is 29.1 Å². The van der Waals surface area contributed by atoms with Crippen LogP contribution in [0.2, 0.25) is 5.02 Å². The van der Waals surface area contributed by atoms with Crippen LogP contribution in [0.15, 0.2) is 53.0 Å². The Balaban J connectivity index is 2.12. The summed E-state index contributed by atoms with van der Waals surface area (Å²) >= 11 is 8.66. The molecule has 0 bridgehead atoms. The van der Waals surface area contributed by atoms with Crippen molar-refractivity contribution < 1.29 is 18.0 Å². The lowest BCUT2D eigenvalue weighted by Crippen LogP contribution is -2.11. The summed E-state index contributed by atoms with van der Waals surface area (Å²) in [5.74, 6) is -0.541. The molecule has 2 nitrogen and oxygen atoms in total. The van der Waals surface area contributed by atoms with Gasteiger partial charge in [-0.15, -0.1) is 0 Å². The van der Waals surface area contributed by atoms with Crippen LogP contribution in [0.3, 0.4) is 0 Å². The van der Waals surface area contributed by atoms with E-state index in [9.17, 15) is 18.0 Å².